The van der Waals surface area contributed by atoms with Gasteiger partial charge in [0.1, 0.15) is 11.9 Å². The first kappa shape index (κ1) is 24.4. The Balaban J connectivity index is 1.34. The molecule has 2 saturated carbocycles. The summed E-state index contributed by atoms with van der Waals surface area (Å²) in [6.45, 7) is 1.92. The lowest BCUT2D eigenvalue weighted by Gasteiger charge is -2.30. The molecule has 4 aromatic rings. The molecule has 10 heteroatoms. The van der Waals surface area contributed by atoms with Crippen LogP contribution in [0.3, 0.4) is 0 Å². The Kier molecular flexibility index (Phi) is 6.23. The van der Waals surface area contributed by atoms with Crippen LogP contribution in [-0.2, 0) is 4.74 Å². The van der Waals surface area contributed by atoms with Gasteiger partial charge in [0.05, 0.1) is 21.9 Å². The second-order valence-corrected chi connectivity index (χ2v) is 10.4. The molecular formula is C28H29ClN6O3. The predicted octanol–water partition coefficient (Wildman–Crippen LogP) is 6.78. The summed E-state index contributed by atoms with van der Waals surface area (Å²) in [6, 6.07) is 11.4. The Morgan fingerprint density at radius 2 is 1.89 bits per heavy atom. The smallest absolute Gasteiger partial charge is 0.411 e. The van der Waals surface area contributed by atoms with Crippen LogP contribution in [0.5, 0.6) is 11.6 Å². The van der Waals surface area contributed by atoms with Gasteiger partial charge in [0, 0.05) is 41.1 Å². The monoisotopic (exact) mass is 532 g/mol. The van der Waals surface area contributed by atoms with Crippen LogP contribution in [0.4, 0.5) is 22.0 Å². The molecule has 2 aliphatic carbocycles. The number of halogens is 1. The second-order valence-electron chi connectivity index (χ2n) is 10.0. The van der Waals surface area contributed by atoms with Crippen molar-refractivity contribution >= 4 is 45.8 Å². The molecule has 2 aromatic heterocycles. The Morgan fingerprint density at radius 3 is 2.58 bits per heavy atom. The zero-order chi connectivity index (χ0) is 26.4. The van der Waals surface area contributed by atoms with E-state index in [4.69, 9.17) is 32.5 Å². The van der Waals surface area contributed by atoms with Crippen molar-refractivity contribution in [3.05, 3.63) is 53.8 Å². The fourth-order valence-electron chi connectivity index (χ4n) is 4.97. The number of ether oxygens (including phenoxy) is 2. The number of anilines is 3. The molecule has 0 bridgehead atoms. The van der Waals surface area contributed by atoms with E-state index in [9.17, 15) is 4.79 Å². The number of fused-ring (bicyclic) bond motifs is 1. The fraction of sp³-hybridized carbons (Fsp3) is 0.321. The Bertz CT molecular complexity index is 1530. The average molecular weight is 533 g/mol. The van der Waals surface area contributed by atoms with Gasteiger partial charge in [-0.15, -0.1) is 0 Å². The fourth-order valence-corrected chi connectivity index (χ4v) is 5.24. The molecule has 1 amide bonds. The third kappa shape index (κ3) is 4.58. The van der Waals surface area contributed by atoms with E-state index in [0.717, 1.165) is 54.3 Å². The van der Waals surface area contributed by atoms with E-state index in [0.29, 0.717) is 28.1 Å². The van der Waals surface area contributed by atoms with Crippen molar-refractivity contribution in [2.45, 2.75) is 51.2 Å². The lowest BCUT2D eigenvalue weighted by atomic mass is 9.92. The maximum atomic E-state index is 12.3. The molecular weight excluding hydrogens is 504 g/mol. The highest BCUT2D eigenvalue weighted by molar-refractivity contribution is 6.34. The van der Waals surface area contributed by atoms with E-state index in [1.807, 2.05) is 37.3 Å². The van der Waals surface area contributed by atoms with E-state index in [1.165, 1.54) is 12.4 Å². The minimum absolute atomic E-state index is 0.0954. The van der Waals surface area contributed by atoms with Crippen LogP contribution in [0, 0.1) is 5.92 Å². The maximum absolute atomic E-state index is 12.3. The zero-order valence-electron chi connectivity index (χ0n) is 21.0. The molecule has 0 unspecified atom stereocenters. The van der Waals surface area contributed by atoms with Gasteiger partial charge >= 0.3 is 6.09 Å². The molecule has 9 nitrogen and oxygen atoms in total. The minimum Gasteiger partial charge on any atom is -0.446 e. The summed E-state index contributed by atoms with van der Waals surface area (Å²) in [5.41, 5.74) is 16.4. The van der Waals surface area contributed by atoms with Crippen molar-refractivity contribution in [2.24, 2.45) is 5.92 Å². The van der Waals surface area contributed by atoms with Gasteiger partial charge in [0.2, 0.25) is 0 Å². The van der Waals surface area contributed by atoms with E-state index in [1.54, 1.807) is 6.07 Å². The summed E-state index contributed by atoms with van der Waals surface area (Å²) >= 11 is 6.79. The molecule has 1 atom stereocenters. The van der Waals surface area contributed by atoms with Gasteiger partial charge in [-0.1, -0.05) is 11.6 Å². The third-order valence-electron chi connectivity index (χ3n) is 7.41. The van der Waals surface area contributed by atoms with Crippen LogP contribution in [0.1, 0.15) is 45.1 Å². The molecule has 0 saturated heterocycles. The number of aromatic nitrogens is 3. The van der Waals surface area contributed by atoms with Gasteiger partial charge in [0.15, 0.2) is 5.82 Å². The molecule has 2 fully saturated rings. The van der Waals surface area contributed by atoms with Crippen LogP contribution in [0.25, 0.3) is 22.2 Å². The molecule has 196 valence electrons. The molecule has 0 spiro atoms. The molecule has 2 heterocycles. The summed E-state index contributed by atoms with van der Waals surface area (Å²) in [5.74, 6) is 1.51. The number of hydrogen-bond donors (Lipinski definition) is 3. The number of rotatable bonds is 7. The van der Waals surface area contributed by atoms with Gasteiger partial charge in [-0.3, -0.25) is 5.32 Å². The summed E-state index contributed by atoms with van der Waals surface area (Å²) in [5, 5.41) is 4.18. The first-order chi connectivity index (χ1) is 18.4. The van der Waals surface area contributed by atoms with Crippen molar-refractivity contribution < 1.29 is 14.3 Å². The van der Waals surface area contributed by atoms with Crippen LogP contribution in [-0.4, -0.2) is 26.7 Å². The Morgan fingerprint density at radius 1 is 1.11 bits per heavy atom. The van der Waals surface area contributed by atoms with Crippen LogP contribution in [0.15, 0.2) is 48.8 Å². The number of amides is 1. The number of hydrogen-bond acceptors (Lipinski definition) is 7. The van der Waals surface area contributed by atoms with Crippen molar-refractivity contribution in [2.75, 3.05) is 16.8 Å². The summed E-state index contributed by atoms with van der Waals surface area (Å²) in [7, 11) is 0. The van der Waals surface area contributed by atoms with E-state index >= 15 is 0 Å². The molecule has 38 heavy (non-hydrogen) atoms. The quantitative estimate of drug-likeness (QED) is 0.239. The second kappa shape index (κ2) is 9.72. The highest BCUT2D eigenvalue weighted by atomic mass is 35.5. The third-order valence-corrected chi connectivity index (χ3v) is 7.72. The number of nitrogens with two attached hydrogens (primary N) is 2. The predicted molar refractivity (Wildman–Crippen MR) is 148 cm³/mol. The normalized spacial score (nSPS) is 16.2. The van der Waals surface area contributed by atoms with Crippen molar-refractivity contribution in [1.29, 1.82) is 0 Å². The number of nitrogens with zero attached hydrogens (tertiary/aromatic N) is 3. The SMILES string of the molecule is C[C@@H](OC(=O)Nc1ccc(-c2c(N)c3ccc(Oc4nccnc4N)cc3n2C2CCC2)c(Cl)c1)C1CC1. The van der Waals surface area contributed by atoms with Crippen molar-refractivity contribution in [3.63, 3.8) is 0 Å². The highest BCUT2D eigenvalue weighted by Crippen LogP contribution is 2.47. The molecule has 2 aromatic carbocycles. The minimum atomic E-state index is -0.479. The van der Waals surface area contributed by atoms with Gasteiger partial charge in [-0.2, -0.15) is 0 Å². The lowest BCUT2D eigenvalue weighted by molar-refractivity contribution is 0.108. The maximum Gasteiger partial charge on any atom is 0.411 e. The summed E-state index contributed by atoms with van der Waals surface area (Å²) in [6.07, 6.45) is 7.92. The van der Waals surface area contributed by atoms with Crippen molar-refractivity contribution in [3.8, 4) is 22.9 Å². The Labute approximate surface area is 225 Å². The molecule has 0 radical (unpaired) electrons. The van der Waals surface area contributed by atoms with Crippen molar-refractivity contribution in [1.82, 2.24) is 14.5 Å². The van der Waals surface area contributed by atoms with Gasteiger partial charge in [0.25, 0.3) is 5.88 Å². The van der Waals surface area contributed by atoms with Gasteiger partial charge in [-0.25, -0.2) is 14.8 Å². The number of benzene rings is 2. The van der Waals surface area contributed by atoms with E-state index in [2.05, 4.69) is 19.9 Å². The van der Waals surface area contributed by atoms with E-state index in [-0.39, 0.29) is 23.8 Å². The lowest BCUT2D eigenvalue weighted by Crippen LogP contribution is -2.21. The number of nitrogen functional groups attached to an aromatic ring is 2. The average Bonchev–Trinajstić information content (AvgIpc) is 3.67. The summed E-state index contributed by atoms with van der Waals surface area (Å²) < 4.78 is 13.7. The Hall–Kier alpha value is -3.98. The standard InChI is InChI=1S/C28H29ClN6O3/c1-15(16-5-6-16)37-28(36)34-17-7-9-20(22(29)13-17)25-24(30)21-10-8-19(38-27-26(31)32-11-12-33-27)14-23(21)35(25)18-3-2-4-18/h7-16,18H,2-6,30H2,1H3,(H2,31,32)(H,34,36)/t15-/m1/s1. The van der Waals surface area contributed by atoms with Crippen LogP contribution >= 0.6 is 11.6 Å². The zero-order valence-corrected chi connectivity index (χ0v) is 21.7. The van der Waals surface area contributed by atoms with Gasteiger partial charge in [-0.05, 0) is 75.3 Å². The first-order valence-electron chi connectivity index (χ1n) is 12.8. The number of carbonyl (C=O) groups excluding carboxylic acids is 1. The topological polar surface area (TPSA) is 130 Å². The molecule has 2 aliphatic rings. The highest BCUT2D eigenvalue weighted by Gasteiger charge is 2.31. The largest absolute Gasteiger partial charge is 0.446 e. The van der Waals surface area contributed by atoms with Crippen LogP contribution in [0.2, 0.25) is 5.02 Å². The van der Waals surface area contributed by atoms with E-state index < -0.39 is 6.09 Å². The number of carbonyl (C=O) groups is 1. The molecule has 0 aliphatic heterocycles. The summed E-state index contributed by atoms with van der Waals surface area (Å²) in [4.78, 5) is 20.6. The molecule has 6 rings (SSSR count). The number of nitrogens with one attached hydrogen (secondary N) is 1. The van der Waals surface area contributed by atoms with Crippen LogP contribution < -0.4 is 21.5 Å². The molecule has 5 N–H and O–H groups in total. The van der Waals surface area contributed by atoms with Gasteiger partial charge < -0.3 is 25.5 Å². The first-order valence-corrected chi connectivity index (χ1v) is 13.2.